The number of benzene rings is 1. The first kappa shape index (κ1) is 11.9. The van der Waals surface area contributed by atoms with Crippen LogP contribution in [0, 0.1) is 0 Å². The number of ether oxygens (including phenoxy) is 2. The molecule has 0 aromatic heterocycles. The summed E-state index contributed by atoms with van der Waals surface area (Å²) in [6, 6.07) is 7.75. The van der Waals surface area contributed by atoms with Gasteiger partial charge in [0.05, 0.1) is 7.11 Å². The molecule has 0 bridgehead atoms. The van der Waals surface area contributed by atoms with Crippen LogP contribution in [0.5, 0.6) is 5.75 Å². The molecule has 0 amide bonds. The van der Waals surface area contributed by atoms with Crippen molar-refractivity contribution < 1.29 is 14.3 Å². The van der Waals surface area contributed by atoms with Crippen LogP contribution in [0.25, 0.3) is 0 Å². The SMILES string of the molecule is COC(=O)COc1ccc([S+](C)C)cc1. The second-order valence-electron chi connectivity index (χ2n) is 3.15. The molecule has 1 rings (SSSR count). The topological polar surface area (TPSA) is 35.5 Å². The maximum Gasteiger partial charge on any atom is 0.343 e. The molecule has 0 fully saturated rings. The Balaban J connectivity index is 2.53. The van der Waals surface area contributed by atoms with E-state index in [4.69, 9.17) is 4.74 Å². The quantitative estimate of drug-likeness (QED) is 0.577. The van der Waals surface area contributed by atoms with E-state index < -0.39 is 0 Å². The average molecular weight is 227 g/mol. The van der Waals surface area contributed by atoms with Crippen molar-refractivity contribution in [2.24, 2.45) is 0 Å². The zero-order valence-corrected chi connectivity index (χ0v) is 9.97. The lowest BCUT2D eigenvalue weighted by molar-refractivity contribution is -0.142. The van der Waals surface area contributed by atoms with Gasteiger partial charge in [0.15, 0.2) is 11.5 Å². The minimum Gasteiger partial charge on any atom is -0.482 e. The Labute approximate surface area is 92.7 Å². The monoisotopic (exact) mass is 227 g/mol. The smallest absolute Gasteiger partial charge is 0.343 e. The van der Waals surface area contributed by atoms with Crippen LogP contribution in [-0.4, -0.2) is 32.2 Å². The van der Waals surface area contributed by atoms with Crippen LogP contribution >= 0.6 is 0 Å². The van der Waals surface area contributed by atoms with E-state index in [9.17, 15) is 4.79 Å². The zero-order chi connectivity index (χ0) is 11.3. The fourth-order valence-electron chi connectivity index (χ4n) is 1.01. The van der Waals surface area contributed by atoms with Crippen LogP contribution in [0.15, 0.2) is 29.2 Å². The van der Waals surface area contributed by atoms with Crippen LogP contribution in [0.2, 0.25) is 0 Å². The van der Waals surface area contributed by atoms with E-state index in [0.717, 1.165) is 0 Å². The zero-order valence-electron chi connectivity index (χ0n) is 9.15. The van der Waals surface area contributed by atoms with E-state index in [1.807, 2.05) is 24.3 Å². The van der Waals surface area contributed by atoms with E-state index in [-0.39, 0.29) is 23.5 Å². The summed E-state index contributed by atoms with van der Waals surface area (Å²) in [5.74, 6) is 0.319. The second kappa shape index (κ2) is 5.66. The van der Waals surface area contributed by atoms with Gasteiger partial charge in [0.2, 0.25) is 0 Å². The highest BCUT2D eigenvalue weighted by Gasteiger charge is 2.08. The van der Waals surface area contributed by atoms with Crippen molar-refractivity contribution in [3.63, 3.8) is 0 Å². The number of carbonyl (C=O) groups excluding carboxylic acids is 1. The molecule has 0 saturated heterocycles. The van der Waals surface area contributed by atoms with E-state index >= 15 is 0 Å². The van der Waals surface area contributed by atoms with Crippen molar-refractivity contribution in [2.75, 3.05) is 26.2 Å². The molecule has 3 nitrogen and oxygen atoms in total. The number of esters is 1. The standard InChI is InChI=1S/C11H15O3S/c1-13-11(12)8-14-9-4-6-10(7-5-9)15(2)3/h4-7H,8H2,1-3H3/q+1. The number of rotatable bonds is 4. The Hall–Kier alpha value is -1.16. The Morgan fingerprint density at radius 3 is 2.33 bits per heavy atom. The molecule has 0 radical (unpaired) electrons. The molecule has 0 aliphatic heterocycles. The highest BCUT2D eigenvalue weighted by atomic mass is 32.2. The normalized spacial score (nSPS) is 10.1. The predicted molar refractivity (Wildman–Crippen MR) is 61.4 cm³/mol. The summed E-state index contributed by atoms with van der Waals surface area (Å²) in [6.07, 6.45) is 4.31. The number of carbonyl (C=O) groups is 1. The summed E-state index contributed by atoms with van der Waals surface area (Å²) in [5, 5.41) is 0. The molecule has 0 unspecified atom stereocenters. The lowest BCUT2D eigenvalue weighted by Crippen LogP contribution is -2.12. The molecule has 1 aromatic carbocycles. The number of hydrogen-bond acceptors (Lipinski definition) is 3. The third kappa shape index (κ3) is 3.83. The van der Waals surface area contributed by atoms with Crippen LogP contribution < -0.4 is 4.74 Å². The van der Waals surface area contributed by atoms with Crippen molar-refractivity contribution in [3.8, 4) is 5.75 Å². The van der Waals surface area contributed by atoms with Crippen LogP contribution in [-0.2, 0) is 20.4 Å². The molecular formula is C11H15O3S+. The van der Waals surface area contributed by atoms with Gasteiger partial charge < -0.3 is 9.47 Å². The van der Waals surface area contributed by atoms with Gasteiger partial charge in [0.25, 0.3) is 0 Å². The van der Waals surface area contributed by atoms with E-state index in [2.05, 4.69) is 17.2 Å². The van der Waals surface area contributed by atoms with Crippen LogP contribution in [0.3, 0.4) is 0 Å². The van der Waals surface area contributed by atoms with Crippen molar-refractivity contribution >= 4 is 16.9 Å². The van der Waals surface area contributed by atoms with Crippen LogP contribution in [0.1, 0.15) is 0 Å². The molecule has 15 heavy (non-hydrogen) atoms. The van der Waals surface area contributed by atoms with E-state index in [0.29, 0.717) is 5.75 Å². The summed E-state index contributed by atoms with van der Waals surface area (Å²) >= 11 is 0. The number of methoxy groups -OCH3 is 1. The highest BCUT2D eigenvalue weighted by molar-refractivity contribution is 7.95. The molecule has 82 valence electrons. The Bertz CT molecular complexity index is 319. The van der Waals surface area contributed by atoms with E-state index in [1.165, 1.54) is 12.0 Å². The van der Waals surface area contributed by atoms with Crippen molar-refractivity contribution in [2.45, 2.75) is 4.90 Å². The van der Waals surface area contributed by atoms with Gasteiger partial charge in [-0.05, 0) is 24.3 Å². The van der Waals surface area contributed by atoms with E-state index in [1.54, 1.807) is 0 Å². The van der Waals surface area contributed by atoms with Gasteiger partial charge in [0.1, 0.15) is 18.3 Å². The lowest BCUT2D eigenvalue weighted by Gasteiger charge is -2.04. The van der Waals surface area contributed by atoms with Gasteiger partial charge in [0, 0.05) is 10.9 Å². The Morgan fingerprint density at radius 2 is 1.87 bits per heavy atom. The third-order valence-corrected chi connectivity index (χ3v) is 3.09. The Kier molecular flexibility index (Phi) is 4.49. The molecule has 4 heteroatoms. The molecular weight excluding hydrogens is 212 g/mol. The fraction of sp³-hybridized carbons (Fsp3) is 0.364. The van der Waals surface area contributed by atoms with Crippen molar-refractivity contribution in [1.29, 1.82) is 0 Å². The number of hydrogen-bond donors (Lipinski definition) is 0. The maximum atomic E-state index is 10.8. The van der Waals surface area contributed by atoms with Gasteiger partial charge in [-0.1, -0.05) is 0 Å². The summed E-state index contributed by atoms with van der Waals surface area (Å²) in [4.78, 5) is 12.1. The molecule has 0 aliphatic carbocycles. The minimum atomic E-state index is -0.371. The maximum absolute atomic E-state index is 10.8. The van der Waals surface area contributed by atoms with Crippen molar-refractivity contribution in [1.82, 2.24) is 0 Å². The highest BCUT2D eigenvalue weighted by Crippen LogP contribution is 2.15. The average Bonchev–Trinajstić information content (AvgIpc) is 2.26. The first-order valence-corrected chi connectivity index (χ1v) is 6.55. The summed E-state index contributed by atoms with van der Waals surface area (Å²) < 4.78 is 9.69. The first-order chi connectivity index (χ1) is 7.13. The van der Waals surface area contributed by atoms with Gasteiger partial charge >= 0.3 is 5.97 Å². The van der Waals surface area contributed by atoms with Gasteiger partial charge in [-0.25, -0.2) is 4.79 Å². The summed E-state index contributed by atoms with van der Waals surface area (Å²) in [5.41, 5.74) is 0. The molecule has 0 N–H and O–H groups in total. The van der Waals surface area contributed by atoms with Gasteiger partial charge in [-0.15, -0.1) is 0 Å². The third-order valence-electron chi connectivity index (χ3n) is 1.88. The van der Waals surface area contributed by atoms with Crippen molar-refractivity contribution in [3.05, 3.63) is 24.3 Å². The largest absolute Gasteiger partial charge is 0.482 e. The Morgan fingerprint density at radius 1 is 1.27 bits per heavy atom. The molecule has 0 heterocycles. The molecule has 0 aliphatic rings. The molecule has 0 spiro atoms. The summed E-state index contributed by atoms with van der Waals surface area (Å²) in [6.45, 7) is -0.0419. The van der Waals surface area contributed by atoms with Crippen LogP contribution in [0.4, 0.5) is 0 Å². The first-order valence-electron chi connectivity index (χ1n) is 4.50. The predicted octanol–water partition coefficient (Wildman–Crippen LogP) is 1.48. The lowest BCUT2D eigenvalue weighted by atomic mass is 10.3. The van der Waals surface area contributed by atoms with Gasteiger partial charge in [-0.2, -0.15) is 0 Å². The van der Waals surface area contributed by atoms with Gasteiger partial charge in [-0.3, -0.25) is 0 Å². The second-order valence-corrected chi connectivity index (χ2v) is 5.26. The molecule has 0 saturated carbocycles. The molecule has 0 atom stereocenters. The minimum absolute atomic E-state index is 0.0419. The summed E-state index contributed by atoms with van der Waals surface area (Å²) in [7, 11) is 1.59. The fourth-order valence-corrected chi connectivity index (χ4v) is 1.69. The molecule has 1 aromatic rings.